The second kappa shape index (κ2) is 40.9. The minimum atomic E-state index is 0.745. The quantitative estimate of drug-likeness (QED) is 0.0383. The zero-order valence-electron chi connectivity index (χ0n) is 44.8. The minimum Gasteiger partial charge on any atom is -0.380 e. The molecular weight excluding hydrogens is 881 g/mol. The number of aliphatic imine (C=N–C) groups is 2. The number of hydrogen-bond acceptors (Lipinski definition) is 2. The van der Waals surface area contributed by atoms with Crippen LogP contribution in [0.25, 0.3) is 0 Å². The van der Waals surface area contributed by atoms with Gasteiger partial charge in [-0.2, -0.15) is 0 Å². The van der Waals surface area contributed by atoms with Gasteiger partial charge in [0, 0.05) is 19.8 Å². The highest BCUT2D eigenvalue weighted by Crippen LogP contribution is 2.19. The van der Waals surface area contributed by atoms with Gasteiger partial charge >= 0.3 is 0 Å². The van der Waals surface area contributed by atoms with E-state index < -0.39 is 0 Å². The van der Waals surface area contributed by atoms with Gasteiger partial charge in [0.05, 0.1) is 30.4 Å². The Morgan fingerprint density at radius 1 is 0.625 bits per heavy atom. The molecule has 4 aliphatic rings. The summed E-state index contributed by atoms with van der Waals surface area (Å²) in [5.41, 5.74) is 9.82. The van der Waals surface area contributed by atoms with E-state index in [1.54, 1.807) is 19.7 Å². The Morgan fingerprint density at radius 2 is 1.24 bits per heavy atom. The highest BCUT2D eigenvalue weighted by molar-refractivity contribution is 5.77. The second-order valence-electron chi connectivity index (χ2n) is 17.9. The van der Waals surface area contributed by atoms with Crippen molar-refractivity contribution in [1.29, 1.82) is 0 Å². The van der Waals surface area contributed by atoms with E-state index in [9.17, 15) is 0 Å². The number of benzene rings is 4. The number of nitrogens with zero attached hydrogens (tertiary/aromatic N) is 2. The van der Waals surface area contributed by atoms with Gasteiger partial charge in [0.25, 0.3) is 0 Å². The zero-order valence-corrected chi connectivity index (χ0v) is 44.8. The van der Waals surface area contributed by atoms with Crippen LogP contribution < -0.4 is 31.3 Å². The molecule has 0 unspecified atom stereocenters. The van der Waals surface area contributed by atoms with E-state index in [1.807, 2.05) is 81.0 Å². The maximum atomic E-state index is 4.27. The van der Waals surface area contributed by atoms with Gasteiger partial charge in [-0.3, -0.25) is 15.3 Å². The molecule has 0 amide bonds. The molecule has 8 rings (SSSR count). The summed E-state index contributed by atoms with van der Waals surface area (Å²) in [6.45, 7) is 8.48. The van der Waals surface area contributed by atoms with Crippen molar-refractivity contribution < 1.29 is 9.98 Å². The summed E-state index contributed by atoms with van der Waals surface area (Å²) in [6.07, 6.45) is 49.7. The van der Waals surface area contributed by atoms with Crippen LogP contribution in [0.5, 0.6) is 0 Å². The number of aryl methyl sites for hydroxylation is 2. The van der Waals surface area contributed by atoms with Crippen LogP contribution in [0.4, 0.5) is 22.7 Å². The van der Waals surface area contributed by atoms with E-state index in [0.29, 0.717) is 0 Å². The number of rotatable bonds is 16. The van der Waals surface area contributed by atoms with E-state index >= 15 is 0 Å². The lowest BCUT2D eigenvalue weighted by Crippen LogP contribution is -2.78. The second-order valence-corrected chi connectivity index (χ2v) is 17.9. The Balaban J connectivity index is 0.000000240. The molecule has 8 nitrogen and oxygen atoms in total. The van der Waals surface area contributed by atoms with Crippen molar-refractivity contribution in [3.8, 4) is 0 Å². The number of hydrogen-bond donors (Lipinski definition) is 6. The van der Waals surface area contributed by atoms with Crippen LogP contribution in [-0.2, 0) is 12.8 Å². The predicted octanol–water partition coefficient (Wildman–Crippen LogP) is 13.0. The Labute approximate surface area is 436 Å². The van der Waals surface area contributed by atoms with Crippen molar-refractivity contribution in [1.82, 2.24) is 10.6 Å². The van der Waals surface area contributed by atoms with Gasteiger partial charge in [-0.1, -0.05) is 161 Å². The van der Waals surface area contributed by atoms with Crippen LogP contribution in [0.1, 0.15) is 129 Å². The van der Waals surface area contributed by atoms with Crippen LogP contribution in [0.2, 0.25) is 0 Å². The molecule has 4 aromatic rings. The van der Waals surface area contributed by atoms with Gasteiger partial charge in [-0.05, 0) is 162 Å². The number of para-hydroxylation sites is 2. The van der Waals surface area contributed by atoms with Crippen LogP contribution in [0.15, 0.2) is 191 Å². The van der Waals surface area contributed by atoms with Gasteiger partial charge in [-0.15, -0.1) is 0 Å². The molecule has 0 bridgehead atoms. The molecule has 0 spiro atoms. The topological polar surface area (TPSA) is 101 Å². The number of anilines is 2. The zero-order chi connectivity index (χ0) is 51.4. The van der Waals surface area contributed by atoms with Crippen molar-refractivity contribution in [3.05, 3.63) is 192 Å². The van der Waals surface area contributed by atoms with E-state index in [4.69, 9.17) is 0 Å². The maximum absolute atomic E-state index is 4.27. The molecule has 72 heavy (non-hydrogen) atoms. The lowest BCUT2D eigenvalue weighted by molar-refractivity contribution is -0.504. The molecule has 0 atom stereocenters. The third kappa shape index (κ3) is 29.4. The lowest BCUT2D eigenvalue weighted by atomic mass is 9.95. The summed E-state index contributed by atoms with van der Waals surface area (Å²) in [4.78, 5) is 14.7. The summed E-state index contributed by atoms with van der Waals surface area (Å²) >= 11 is 0. The molecule has 6 N–H and O–H groups in total. The third-order valence-electron chi connectivity index (χ3n) is 12.1. The molecule has 0 heterocycles. The Bertz CT molecular complexity index is 2240. The van der Waals surface area contributed by atoms with Crippen molar-refractivity contribution in [3.63, 3.8) is 0 Å². The standard InChI is InChI=1S/C17H20N2.C13H24N2.C13H12N2.C13H14.C5H10.C3H8N2/c1-3-14-5-9-16(10-6-14)18-13-19-17-11-7-15(4-2)8-12-17;2*1-3-7-12(8-4-1)14-11-15-13-9-5-2-6-10-13;1-2-7-12(6-1)10-5-11-13-8-3-4-9-13;1-3-5-4-2;1-4-3-5-2/h5-13H,3-4H2,1-2H3,(H,18,19);11-13H,1-10H2,(H,14,15);1-11H,(H,14,15);1-6,8,10H,7,9,11H2;3,5H,4H2,1-2H3;3H,1-2H3,(H,4,5)/p+2/b;;;10-5+;5-3+;. The first-order valence-corrected chi connectivity index (χ1v) is 26.8. The molecule has 0 saturated heterocycles. The van der Waals surface area contributed by atoms with Crippen LogP contribution in [0, 0.1) is 0 Å². The first-order chi connectivity index (χ1) is 35.5. The summed E-state index contributed by atoms with van der Waals surface area (Å²) in [5.74, 6) is 0. The summed E-state index contributed by atoms with van der Waals surface area (Å²) in [5, 5.41) is 12.6. The maximum Gasteiger partial charge on any atom is 0.240 e. The van der Waals surface area contributed by atoms with Crippen molar-refractivity contribution >= 4 is 48.1 Å². The molecule has 384 valence electrons. The van der Waals surface area contributed by atoms with Crippen molar-refractivity contribution in [2.24, 2.45) is 9.98 Å². The monoisotopic (exact) mass is 971 g/mol. The normalized spacial score (nSPS) is 15.4. The molecule has 0 aliphatic heterocycles. The van der Waals surface area contributed by atoms with E-state index in [0.717, 1.165) is 73.4 Å². The molecule has 2 fully saturated rings. The van der Waals surface area contributed by atoms with Crippen LogP contribution >= 0.6 is 0 Å². The van der Waals surface area contributed by atoms with Gasteiger partial charge < -0.3 is 10.6 Å². The van der Waals surface area contributed by atoms with Crippen molar-refractivity contribution in [2.45, 2.75) is 143 Å². The molecule has 0 aromatic heterocycles. The molecule has 2 saturated carbocycles. The van der Waals surface area contributed by atoms with Crippen LogP contribution in [0.3, 0.4) is 0 Å². The highest BCUT2D eigenvalue weighted by Gasteiger charge is 2.16. The molecule has 0 radical (unpaired) electrons. The Hall–Kier alpha value is -6.80. The first-order valence-electron chi connectivity index (χ1n) is 26.8. The summed E-state index contributed by atoms with van der Waals surface area (Å²) < 4.78 is 0. The SMILES string of the molecule is C(=Nc1ccccc1)Nc1ccccc1.C(NC1CCCCC1)=[NH+]C1CCCCC1.C/C=C/CC.C1=CCC(/C=C/CC2=CC=CC2)=C1.CCc1ccc(NC=[NH+]c2ccc(CC)cc2)cc1.CN=CNC. The van der Waals surface area contributed by atoms with Gasteiger partial charge in [-0.25, -0.2) is 15.3 Å². The van der Waals surface area contributed by atoms with Gasteiger partial charge in [0.1, 0.15) is 11.4 Å². The smallest absolute Gasteiger partial charge is 0.240 e. The molecule has 8 heteroatoms. The Kier molecular flexibility index (Phi) is 33.8. The fourth-order valence-electron chi connectivity index (χ4n) is 7.89. The largest absolute Gasteiger partial charge is 0.380 e. The van der Waals surface area contributed by atoms with Gasteiger partial charge in [0.2, 0.25) is 12.7 Å². The van der Waals surface area contributed by atoms with Crippen molar-refractivity contribution in [2.75, 3.05) is 24.7 Å². The minimum absolute atomic E-state index is 0.745. The van der Waals surface area contributed by atoms with E-state index in [1.165, 1.54) is 86.5 Å². The van der Waals surface area contributed by atoms with Gasteiger partial charge in [0.15, 0.2) is 0 Å². The summed E-state index contributed by atoms with van der Waals surface area (Å²) in [7, 11) is 3.53. The predicted molar refractivity (Wildman–Crippen MR) is 317 cm³/mol. The van der Waals surface area contributed by atoms with Crippen LogP contribution in [-0.4, -0.2) is 51.5 Å². The number of nitrogens with one attached hydrogen (secondary N) is 6. The molecule has 4 aliphatic carbocycles. The lowest BCUT2D eigenvalue weighted by Gasteiger charge is -2.18. The fraction of sp³-hybridized carbons (Fsp3) is 0.375. The average Bonchev–Trinajstić information content (AvgIpc) is 4.18. The Morgan fingerprint density at radius 3 is 1.78 bits per heavy atom. The highest BCUT2D eigenvalue weighted by atomic mass is 15.0. The average molecular weight is 971 g/mol. The summed E-state index contributed by atoms with van der Waals surface area (Å²) in [6, 6.07) is 38.2. The number of allylic oxidation sites excluding steroid dienone is 12. The fourth-order valence-corrected chi connectivity index (χ4v) is 7.89. The molecular formula is C64H90N8+2. The molecule has 4 aromatic carbocycles. The van der Waals surface area contributed by atoms with E-state index in [-0.39, 0.29) is 0 Å². The van der Waals surface area contributed by atoms with E-state index in [2.05, 4.69) is 178 Å². The first kappa shape index (κ1) is 59.5. The third-order valence-corrected chi connectivity index (χ3v) is 12.1.